The van der Waals surface area contributed by atoms with Crippen molar-refractivity contribution in [2.75, 3.05) is 12.4 Å². The predicted molar refractivity (Wildman–Crippen MR) is 68.7 cm³/mol. The largest absolute Gasteiger partial charge is 0.444 e. The lowest BCUT2D eigenvalue weighted by atomic mass is 10.2. The molecule has 0 radical (unpaired) electrons. The molecule has 1 heterocycles. The molecule has 6 nitrogen and oxygen atoms in total. The van der Waals surface area contributed by atoms with E-state index in [-0.39, 0.29) is 0 Å². The van der Waals surface area contributed by atoms with Crippen LogP contribution in [0.2, 0.25) is 0 Å². The Morgan fingerprint density at radius 2 is 2.00 bits per heavy atom. The van der Waals surface area contributed by atoms with Crippen molar-refractivity contribution < 1.29 is 19.2 Å². The number of hydrogen-bond acceptors (Lipinski definition) is 5. The molecule has 0 aliphatic carbocycles. The first-order chi connectivity index (χ1) is 8.33. The lowest BCUT2D eigenvalue weighted by Crippen LogP contribution is -2.28. The van der Waals surface area contributed by atoms with Crippen molar-refractivity contribution in [1.82, 2.24) is 5.48 Å². The second-order valence-corrected chi connectivity index (χ2v) is 5.34. The minimum absolute atomic E-state index is 0.350. The van der Waals surface area contributed by atoms with Gasteiger partial charge in [0.2, 0.25) is 0 Å². The zero-order valence-corrected chi connectivity index (χ0v) is 11.5. The Kier molecular flexibility index (Phi) is 4.69. The Morgan fingerprint density at radius 1 is 1.33 bits per heavy atom. The summed E-state index contributed by atoms with van der Waals surface area (Å²) >= 11 is 1.20. The molecule has 100 valence electrons. The average Bonchev–Trinajstić information content (AvgIpc) is 2.62. The van der Waals surface area contributed by atoms with Crippen LogP contribution in [0.1, 0.15) is 30.4 Å². The van der Waals surface area contributed by atoms with Gasteiger partial charge in [0.05, 0.1) is 12.8 Å². The van der Waals surface area contributed by atoms with Gasteiger partial charge in [0.1, 0.15) is 10.5 Å². The molecule has 0 saturated carbocycles. The van der Waals surface area contributed by atoms with E-state index < -0.39 is 17.6 Å². The van der Waals surface area contributed by atoms with Crippen LogP contribution in [-0.2, 0) is 9.57 Å². The Hall–Kier alpha value is -1.60. The van der Waals surface area contributed by atoms with Crippen LogP contribution in [0.3, 0.4) is 0 Å². The normalized spacial score (nSPS) is 10.9. The first-order valence-electron chi connectivity index (χ1n) is 5.24. The highest BCUT2D eigenvalue weighted by Gasteiger charge is 2.19. The summed E-state index contributed by atoms with van der Waals surface area (Å²) in [7, 11) is 1.34. The van der Waals surface area contributed by atoms with Gasteiger partial charge in [-0.1, -0.05) is 0 Å². The summed E-state index contributed by atoms with van der Waals surface area (Å²) < 4.78 is 5.10. The van der Waals surface area contributed by atoms with E-state index in [0.717, 1.165) is 0 Å². The molecular weight excluding hydrogens is 256 g/mol. The molecule has 2 N–H and O–H groups in total. The van der Waals surface area contributed by atoms with Crippen molar-refractivity contribution in [3.05, 3.63) is 16.3 Å². The summed E-state index contributed by atoms with van der Waals surface area (Å²) in [6, 6.07) is 1.62. The van der Waals surface area contributed by atoms with Crippen molar-refractivity contribution in [3.8, 4) is 0 Å². The molecule has 7 heteroatoms. The maximum Gasteiger partial charge on any atom is 0.412 e. The summed E-state index contributed by atoms with van der Waals surface area (Å²) in [5.41, 5.74) is 1.99. The smallest absolute Gasteiger partial charge is 0.412 e. The van der Waals surface area contributed by atoms with Crippen LogP contribution >= 0.6 is 11.3 Å². The first kappa shape index (κ1) is 14.5. The van der Waals surface area contributed by atoms with Crippen molar-refractivity contribution in [2.45, 2.75) is 26.4 Å². The van der Waals surface area contributed by atoms with Crippen LogP contribution in [-0.4, -0.2) is 24.7 Å². The third-order valence-corrected chi connectivity index (χ3v) is 2.62. The molecule has 1 aromatic rings. The first-order valence-corrected chi connectivity index (χ1v) is 6.12. The van der Waals surface area contributed by atoms with E-state index in [1.807, 2.05) is 0 Å². The van der Waals surface area contributed by atoms with E-state index >= 15 is 0 Å². The van der Waals surface area contributed by atoms with Crippen molar-refractivity contribution in [3.63, 3.8) is 0 Å². The second-order valence-electron chi connectivity index (χ2n) is 4.43. The lowest BCUT2D eigenvalue weighted by molar-refractivity contribution is 0.0543. The van der Waals surface area contributed by atoms with Crippen LogP contribution in [0.25, 0.3) is 0 Å². The summed E-state index contributed by atoms with van der Waals surface area (Å²) in [6.07, 6.45) is -0.604. The van der Waals surface area contributed by atoms with Gasteiger partial charge in [-0.3, -0.25) is 14.9 Å². The fourth-order valence-electron chi connectivity index (χ4n) is 1.14. The number of amides is 2. The molecule has 1 rings (SSSR count). The number of nitrogens with one attached hydrogen (secondary N) is 2. The molecule has 1 aromatic heterocycles. The summed E-state index contributed by atoms with van der Waals surface area (Å²) in [5.74, 6) is -0.418. The predicted octanol–water partition coefficient (Wildman–Crippen LogP) is 2.39. The number of carbonyl (C=O) groups is 2. The third-order valence-electron chi connectivity index (χ3n) is 1.70. The van der Waals surface area contributed by atoms with Gasteiger partial charge >= 0.3 is 6.09 Å². The summed E-state index contributed by atoms with van der Waals surface area (Å²) in [5, 5.41) is 4.21. The summed E-state index contributed by atoms with van der Waals surface area (Å²) in [6.45, 7) is 5.29. The average molecular weight is 272 g/mol. The minimum atomic E-state index is -0.604. The number of rotatable bonds is 3. The lowest BCUT2D eigenvalue weighted by Gasteiger charge is -2.19. The van der Waals surface area contributed by atoms with Crippen LogP contribution < -0.4 is 10.8 Å². The van der Waals surface area contributed by atoms with Gasteiger partial charge in [0.25, 0.3) is 5.91 Å². The van der Waals surface area contributed by atoms with E-state index in [2.05, 4.69) is 15.6 Å². The highest BCUT2D eigenvalue weighted by atomic mass is 32.1. The monoisotopic (exact) mass is 272 g/mol. The number of hydroxylamine groups is 1. The van der Waals surface area contributed by atoms with Crippen LogP contribution in [0, 0.1) is 0 Å². The SMILES string of the molecule is CONC(=O)c1sccc1NC(=O)OC(C)(C)C. The quantitative estimate of drug-likeness (QED) is 0.828. The van der Waals surface area contributed by atoms with E-state index in [9.17, 15) is 9.59 Å². The van der Waals surface area contributed by atoms with Gasteiger partial charge in [-0.05, 0) is 32.2 Å². The molecule has 0 aromatic carbocycles. The fraction of sp³-hybridized carbons (Fsp3) is 0.455. The van der Waals surface area contributed by atoms with Crippen molar-refractivity contribution in [1.29, 1.82) is 0 Å². The topological polar surface area (TPSA) is 76.7 Å². The van der Waals surface area contributed by atoms with Crippen LogP contribution in [0.5, 0.6) is 0 Å². The highest BCUT2D eigenvalue weighted by molar-refractivity contribution is 7.12. The maximum atomic E-state index is 11.6. The molecule has 0 atom stereocenters. The Bertz CT molecular complexity index is 436. The molecular formula is C11H16N2O4S. The number of hydrogen-bond donors (Lipinski definition) is 2. The Labute approximate surface area is 109 Å². The Morgan fingerprint density at radius 3 is 2.56 bits per heavy atom. The van der Waals surface area contributed by atoms with Crippen LogP contribution in [0.4, 0.5) is 10.5 Å². The third kappa shape index (κ3) is 4.34. The fourth-order valence-corrected chi connectivity index (χ4v) is 1.87. The summed E-state index contributed by atoms with van der Waals surface area (Å²) in [4.78, 5) is 28.0. The van der Waals surface area contributed by atoms with E-state index in [1.54, 1.807) is 32.2 Å². The van der Waals surface area contributed by atoms with Gasteiger partial charge in [-0.15, -0.1) is 11.3 Å². The van der Waals surface area contributed by atoms with Gasteiger partial charge in [0, 0.05) is 0 Å². The van der Waals surface area contributed by atoms with Gasteiger partial charge in [-0.2, -0.15) is 0 Å². The molecule has 0 saturated heterocycles. The zero-order valence-electron chi connectivity index (χ0n) is 10.7. The molecule has 2 amide bonds. The molecule has 0 unspecified atom stereocenters. The highest BCUT2D eigenvalue weighted by Crippen LogP contribution is 2.23. The standard InChI is InChI=1S/C11H16N2O4S/c1-11(2,3)17-10(15)12-7-5-6-18-8(7)9(14)13-16-4/h5-6H,1-4H3,(H,12,15)(H,13,14). The van der Waals surface area contributed by atoms with Gasteiger partial charge in [-0.25, -0.2) is 10.3 Å². The van der Waals surface area contributed by atoms with Crippen molar-refractivity contribution >= 4 is 29.0 Å². The van der Waals surface area contributed by atoms with E-state index in [4.69, 9.17) is 4.74 Å². The minimum Gasteiger partial charge on any atom is -0.444 e. The van der Waals surface area contributed by atoms with Crippen LogP contribution in [0.15, 0.2) is 11.4 Å². The maximum absolute atomic E-state index is 11.6. The van der Waals surface area contributed by atoms with E-state index in [1.165, 1.54) is 18.4 Å². The Balaban J connectivity index is 2.71. The number of thiophene rings is 1. The zero-order chi connectivity index (χ0) is 13.8. The molecule has 18 heavy (non-hydrogen) atoms. The number of anilines is 1. The van der Waals surface area contributed by atoms with E-state index in [0.29, 0.717) is 10.6 Å². The number of ether oxygens (including phenoxy) is 1. The molecule has 0 spiro atoms. The molecule has 0 fully saturated rings. The van der Waals surface area contributed by atoms with Crippen molar-refractivity contribution in [2.24, 2.45) is 0 Å². The second kappa shape index (κ2) is 5.83. The number of carbonyl (C=O) groups excluding carboxylic acids is 2. The molecule has 0 aliphatic heterocycles. The molecule has 0 bridgehead atoms. The van der Waals surface area contributed by atoms with Gasteiger partial charge < -0.3 is 4.74 Å². The molecule has 0 aliphatic rings. The van der Waals surface area contributed by atoms with Gasteiger partial charge in [0.15, 0.2) is 0 Å².